The van der Waals surface area contributed by atoms with Crippen LogP contribution in [0.3, 0.4) is 0 Å². The first-order chi connectivity index (χ1) is 6.30. The standard InChI is InChI=1S/C7H14N4.I3/c1-7(2)3(5(8)9)4(7)6(10)11;1-3-2/h3-4H,1-2H3,(H3,8,9)(H3,10,11);/q;-1. The van der Waals surface area contributed by atoms with Crippen LogP contribution in [0, 0.1) is 28.1 Å². The summed E-state index contributed by atoms with van der Waals surface area (Å²) in [6, 6.07) is 0. The molecule has 84 valence electrons. The van der Waals surface area contributed by atoms with Crippen molar-refractivity contribution in [1.82, 2.24) is 0 Å². The SMILES string of the molecule is CC1(C)C(C(=N)N)C1C(=N)N.I[I-]I. The first kappa shape index (κ1) is 15.1. The number of halogens is 3. The van der Waals surface area contributed by atoms with Crippen LogP contribution in [0.15, 0.2) is 0 Å². The second-order valence-corrected chi connectivity index (χ2v) is 20.0. The van der Waals surface area contributed by atoms with E-state index in [1.54, 1.807) is 0 Å². The Morgan fingerprint density at radius 1 is 1.14 bits per heavy atom. The number of hydrogen-bond acceptors (Lipinski definition) is 2. The fourth-order valence-corrected chi connectivity index (χ4v) is 1.80. The van der Waals surface area contributed by atoms with Crippen molar-refractivity contribution < 1.29 is 13.3 Å². The summed E-state index contributed by atoms with van der Waals surface area (Å²) in [7, 11) is 0. The van der Waals surface area contributed by atoms with Crippen LogP contribution < -0.4 is 24.7 Å². The third-order valence-electron chi connectivity index (χ3n) is 2.50. The van der Waals surface area contributed by atoms with E-state index >= 15 is 0 Å². The van der Waals surface area contributed by atoms with Crippen LogP contribution in [0.5, 0.6) is 0 Å². The molecule has 0 aromatic rings. The topological polar surface area (TPSA) is 99.7 Å². The van der Waals surface area contributed by atoms with Crippen molar-refractivity contribution in [1.29, 1.82) is 10.8 Å². The minimum absolute atomic E-state index is 0.0139. The summed E-state index contributed by atoms with van der Waals surface area (Å²) in [5.41, 5.74) is 10.6. The maximum atomic E-state index is 7.22. The Bertz CT molecular complexity index is 219. The molecule has 1 fully saturated rings. The van der Waals surface area contributed by atoms with E-state index in [2.05, 4.69) is 37.2 Å². The van der Waals surface area contributed by atoms with Crippen molar-refractivity contribution >= 4 is 48.9 Å². The number of nitrogens with two attached hydrogens (primary N) is 2. The summed E-state index contributed by atoms with van der Waals surface area (Å²) in [4.78, 5) is 0. The van der Waals surface area contributed by atoms with E-state index in [9.17, 15) is 0 Å². The van der Waals surface area contributed by atoms with Gasteiger partial charge in [0.1, 0.15) is 0 Å². The van der Waals surface area contributed by atoms with Gasteiger partial charge in [-0.15, -0.1) is 0 Å². The molecule has 0 amide bonds. The zero-order chi connectivity index (χ0) is 11.5. The molecule has 0 heterocycles. The fraction of sp³-hybridized carbons (Fsp3) is 0.714. The number of rotatable bonds is 2. The summed E-state index contributed by atoms with van der Waals surface area (Å²) in [5.74, 6) is 0.269. The Hall–Kier alpha value is 1.13. The predicted molar refractivity (Wildman–Crippen MR) is 72.6 cm³/mol. The van der Waals surface area contributed by atoms with E-state index in [-0.39, 0.29) is 28.9 Å². The van der Waals surface area contributed by atoms with E-state index in [1.165, 1.54) is 0 Å². The molecule has 14 heavy (non-hydrogen) atoms. The van der Waals surface area contributed by atoms with Crippen LogP contribution in [-0.4, -0.2) is 11.7 Å². The van der Waals surface area contributed by atoms with Crippen LogP contribution in [-0.2, 0) is 0 Å². The van der Waals surface area contributed by atoms with Crippen LogP contribution in [0.1, 0.15) is 13.8 Å². The molecule has 0 bridgehead atoms. The van der Waals surface area contributed by atoms with Gasteiger partial charge >= 0.3 is 50.5 Å². The molecule has 0 aromatic heterocycles. The Balaban J connectivity index is 0.000000500. The minimum atomic E-state index is -0.0718. The monoisotopic (exact) mass is 535 g/mol. The summed E-state index contributed by atoms with van der Waals surface area (Å²) >= 11 is 5.30. The summed E-state index contributed by atoms with van der Waals surface area (Å²) in [6.45, 7) is 3.95. The maximum absolute atomic E-state index is 7.22. The van der Waals surface area contributed by atoms with Crippen LogP contribution >= 0.6 is 37.2 Å². The number of hydrogen-bond donors (Lipinski definition) is 4. The van der Waals surface area contributed by atoms with E-state index in [1.807, 2.05) is 13.8 Å². The molecule has 1 aliphatic rings. The summed E-state index contributed by atoms with van der Waals surface area (Å²) in [5, 5.41) is 14.4. The van der Waals surface area contributed by atoms with Crippen molar-refractivity contribution in [3.63, 3.8) is 0 Å². The summed E-state index contributed by atoms with van der Waals surface area (Å²) in [6.07, 6.45) is 0. The third-order valence-corrected chi connectivity index (χ3v) is 2.50. The van der Waals surface area contributed by atoms with Gasteiger partial charge in [0.15, 0.2) is 0 Å². The molecule has 1 rings (SSSR count). The Morgan fingerprint density at radius 2 is 1.36 bits per heavy atom. The molecule has 7 heteroatoms. The van der Waals surface area contributed by atoms with Crippen LogP contribution in [0.2, 0.25) is 0 Å². The zero-order valence-corrected chi connectivity index (χ0v) is 14.4. The molecule has 6 N–H and O–H groups in total. The second-order valence-electron chi connectivity index (χ2n) is 3.74. The molecule has 1 aliphatic carbocycles. The molecule has 0 aliphatic heterocycles. The van der Waals surface area contributed by atoms with Gasteiger partial charge in [0.2, 0.25) is 0 Å². The number of nitrogens with one attached hydrogen (secondary N) is 2. The van der Waals surface area contributed by atoms with Crippen molar-refractivity contribution in [3.05, 3.63) is 0 Å². The molecular formula is C7H14I3N4-. The number of amidine groups is 2. The Kier molecular flexibility index (Phi) is 6.50. The predicted octanol–water partition coefficient (Wildman–Crippen LogP) is -1.09. The fourth-order valence-electron chi connectivity index (χ4n) is 1.80. The van der Waals surface area contributed by atoms with E-state index in [0.29, 0.717) is 13.3 Å². The normalized spacial score (nSPS) is 27.4. The Morgan fingerprint density at radius 3 is 1.43 bits per heavy atom. The molecule has 2 atom stereocenters. The molecule has 0 saturated heterocycles. The van der Waals surface area contributed by atoms with Crippen molar-refractivity contribution in [2.75, 3.05) is 0 Å². The second kappa shape index (κ2) is 6.01. The zero-order valence-electron chi connectivity index (χ0n) is 7.94. The molecule has 1 saturated carbocycles. The van der Waals surface area contributed by atoms with Crippen molar-refractivity contribution in [2.45, 2.75) is 13.8 Å². The average molecular weight is 535 g/mol. The van der Waals surface area contributed by atoms with E-state index < -0.39 is 0 Å². The molecule has 2 unspecified atom stereocenters. The van der Waals surface area contributed by atoms with Gasteiger partial charge in [-0.3, -0.25) is 10.8 Å². The third kappa shape index (κ3) is 3.61. The van der Waals surface area contributed by atoms with Gasteiger partial charge in [0.25, 0.3) is 0 Å². The van der Waals surface area contributed by atoms with Crippen molar-refractivity contribution in [3.8, 4) is 0 Å². The molecule has 4 nitrogen and oxygen atoms in total. The first-order valence-electron chi connectivity index (χ1n) is 3.85. The van der Waals surface area contributed by atoms with Gasteiger partial charge in [-0.1, -0.05) is 13.8 Å². The van der Waals surface area contributed by atoms with Crippen molar-refractivity contribution in [2.24, 2.45) is 28.7 Å². The quantitative estimate of drug-likeness (QED) is 0.206. The molecule has 0 aromatic carbocycles. The van der Waals surface area contributed by atoms with Gasteiger partial charge in [-0.2, -0.15) is 0 Å². The molecule has 0 spiro atoms. The molecular weight excluding hydrogens is 521 g/mol. The van der Waals surface area contributed by atoms with Gasteiger partial charge in [-0.05, 0) is 5.41 Å². The van der Waals surface area contributed by atoms with Crippen LogP contribution in [0.25, 0.3) is 0 Å². The van der Waals surface area contributed by atoms with Gasteiger partial charge in [0.05, 0.1) is 11.7 Å². The van der Waals surface area contributed by atoms with E-state index in [4.69, 9.17) is 22.3 Å². The Labute approximate surface area is 114 Å². The summed E-state index contributed by atoms with van der Waals surface area (Å²) < 4.78 is 0. The molecule has 0 radical (unpaired) electrons. The van der Waals surface area contributed by atoms with Gasteiger partial charge < -0.3 is 11.5 Å². The van der Waals surface area contributed by atoms with E-state index in [0.717, 1.165) is 0 Å². The van der Waals surface area contributed by atoms with Gasteiger partial charge in [0, 0.05) is 11.8 Å². The first-order valence-corrected chi connectivity index (χ1v) is 16.4. The average Bonchev–Trinajstić information content (AvgIpc) is 2.55. The van der Waals surface area contributed by atoms with Gasteiger partial charge in [-0.25, -0.2) is 0 Å². The van der Waals surface area contributed by atoms with Crippen LogP contribution in [0.4, 0.5) is 0 Å².